The van der Waals surface area contributed by atoms with Crippen molar-refractivity contribution >= 4 is 62.1 Å². The van der Waals surface area contributed by atoms with Gasteiger partial charge in [0.1, 0.15) is 66.6 Å². The van der Waals surface area contributed by atoms with E-state index >= 15 is 0 Å². The number of benzene rings is 2. The molecule has 32 heteroatoms. The molecule has 2 aromatic carbocycles. The molecule has 29 nitrogen and oxygen atoms in total. The molecule has 2 unspecified atom stereocenters. The highest BCUT2D eigenvalue weighted by Gasteiger charge is 2.54. The molecule has 414 valence electrons. The summed E-state index contributed by atoms with van der Waals surface area (Å²) >= 11 is 0. The van der Waals surface area contributed by atoms with Crippen molar-refractivity contribution in [1.82, 2.24) is 34.0 Å². The maximum Gasteiger partial charge on any atom is 0.472 e. The second-order valence-corrected chi connectivity index (χ2v) is 20.8. The zero-order chi connectivity index (χ0) is 54.6. The number of aliphatic hydroxyl groups is 1. The first-order chi connectivity index (χ1) is 36.8. The number of rotatable bonds is 19. The van der Waals surface area contributed by atoms with E-state index in [1.165, 1.54) is 52.3 Å². The number of phosphoric ester groups is 2. The van der Waals surface area contributed by atoms with Gasteiger partial charge in [0, 0.05) is 31.5 Å². The van der Waals surface area contributed by atoms with Crippen molar-refractivity contribution in [2.45, 2.75) is 107 Å². The molecule has 0 bridgehead atoms. The highest BCUT2D eigenvalue weighted by Crippen LogP contribution is 2.51. The first-order valence-corrected chi connectivity index (χ1v) is 27.0. The maximum atomic E-state index is 14.3. The van der Waals surface area contributed by atoms with E-state index in [1.807, 2.05) is 0 Å². The van der Waals surface area contributed by atoms with Gasteiger partial charge in [-0.05, 0) is 67.1 Å². The molecule has 11 atom stereocenters. The number of nitrogens with zero attached hydrogens (tertiary/aromatic N) is 7. The minimum atomic E-state index is -5.46. The van der Waals surface area contributed by atoms with Crippen LogP contribution in [0, 0.1) is 5.82 Å². The van der Waals surface area contributed by atoms with Gasteiger partial charge < -0.3 is 65.0 Å². The molecule has 4 fully saturated rings. The zero-order valence-corrected chi connectivity index (χ0v) is 42.2. The summed E-state index contributed by atoms with van der Waals surface area (Å²) < 4.78 is 92.7. The Labute approximate surface area is 435 Å². The van der Waals surface area contributed by atoms with Crippen molar-refractivity contribution in [1.29, 1.82) is 0 Å². The summed E-state index contributed by atoms with van der Waals surface area (Å²) in [6.45, 7) is -1.81. The number of imidazole rings is 1. The van der Waals surface area contributed by atoms with Crippen LogP contribution in [0.25, 0.3) is 11.2 Å². The van der Waals surface area contributed by atoms with E-state index in [2.05, 4.69) is 25.3 Å². The third-order valence-corrected chi connectivity index (χ3v) is 14.3. The molecule has 9 rings (SSSR count). The molecule has 0 saturated carbocycles. The van der Waals surface area contributed by atoms with E-state index in [0.717, 1.165) is 10.9 Å². The number of aliphatic hydroxyl groups excluding tert-OH is 1. The number of hydrogen-bond donors (Lipinski definition) is 7. The molecular formula is C45H53FN10O19P2. The van der Waals surface area contributed by atoms with E-state index in [1.54, 1.807) is 24.3 Å². The summed E-state index contributed by atoms with van der Waals surface area (Å²) in [4.78, 5) is 101. The van der Waals surface area contributed by atoms with Gasteiger partial charge in [-0.2, -0.15) is 4.98 Å². The van der Waals surface area contributed by atoms with Crippen LogP contribution < -0.4 is 22.5 Å². The molecule has 4 aliphatic rings. The van der Waals surface area contributed by atoms with Crippen molar-refractivity contribution < 1.29 is 89.7 Å². The number of carbonyl (C=O) groups is 3. The third-order valence-electron chi connectivity index (χ3n) is 12.8. The topological polar surface area (TPSA) is 395 Å². The molecule has 5 aromatic rings. The largest absolute Gasteiger partial charge is 0.472 e. The number of amides is 2. The minimum absolute atomic E-state index is 0.0134. The lowest BCUT2D eigenvalue weighted by Crippen LogP contribution is -2.51. The molecule has 77 heavy (non-hydrogen) atoms. The molecule has 7 heterocycles. The standard InChI is InChI=1S/C45H53FN10O19P2/c46-26-10-6-24(7-11-26)18-32(57)52-27-12-8-25(9-13-27)19-68-45(61)54-15-2-1-4-28(54)43(59)74-36-29(71-41(35(36)58)56-23-51-34-39(48)49-22-50-40(34)56)21-70-77(65,66)75-37-30(20-69-76(62,63)64)72-42(38(37)73-33-5-3-17-67-33)55-16-14-31(47)53-44(55)60/h6-14,16,22-23,28-30,33,35-38,41-42,58H,1-5,15,17-21H2,(H,52,57)(H,65,66)(H2,47,53,60)(H2,48,49,50)(H2,62,63,64)/t28-,29+,30+,33?,35+,36+,37+,38+,41+,42+/m0/s1. The van der Waals surface area contributed by atoms with Crippen LogP contribution >= 0.6 is 15.6 Å². The van der Waals surface area contributed by atoms with Gasteiger partial charge in [0.15, 0.2) is 36.3 Å². The van der Waals surface area contributed by atoms with Gasteiger partial charge in [-0.1, -0.05) is 24.3 Å². The summed E-state index contributed by atoms with van der Waals surface area (Å²) in [7, 11) is -10.7. The van der Waals surface area contributed by atoms with E-state index in [4.69, 9.17) is 53.5 Å². The second kappa shape index (κ2) is 23.7. The molecule has 9 N–H and O–H groups in total. The Morgan fingerprint density at radius 2 is 1.57 bits per heavy atom. The summed E-state index contributed by atoms with van der Waals surface area (Å²) in [5, 5.41) is 14.7. The number of nitrogen functional groups attached to an aromatic ring is 2. The number of carbonyl (C=O) groups excluding carboxylic acids is 3. The number of hydrogen-bond acceptors (Lipinski definition) is 22. The van der Waals surface area contributed by atoms with Crippen LogP contribution in [0.5, 0.6) is 0 Å². The Kier molecular flexibility index (Phi) is 17.0. The molecule has 0 radical (unpaired) electrons. The first kappa shape index (κ1) is 55.4. The van der Waals surface area contributed by atoms with Crippen molar-refractivity contribution in [3.63, 3.8) is 0 Å². The SMILES string of the molecule is Nc1ccn([C@@H]2O[C@H](COP(=O)(O)O)[C@@H](OP(=O)(O)OC[C@H]3O[C@@H](n4cnc5c(N)ncnc54)[C@H](O)[C@@H]3OC(=O)[C@@H]3CCCCN3C(=O)OCc3ccc(NC(=O)Cc4ccc(F)cc4)cc3)[C@H]2OC2CCCO2)c(=O)n1. The van der Waals surface area contributed by atoms with E-state index in [-0.39, 0.29) is 61.3 Å². The Hall–Kier alpha value is -6.37. The number of fused-ring (bicyclic) bond motifs is 1. The fourth-order valence-electron chi connectivity index (χ4n) is 9.11. The number of nitrogens with two attached hydrogens (primary N) is 2. The van der Waals surface area contributed by atoms with Crippen LogP contribution in [0.1, 0.15) is 55.7 Å². The van der Waals surface area contributed by atoms with Crippen LogP contribution in [-0.4, -0.2) is 147 Å². The quantitative estimate of drug-likeness (QED) is 0.0459. The number of ether oxygens (including phenoxy) is 6. The Morgan fingerprint density at radius 1 is 0.844 bits per heavy atom. The van der Waals surface area contributed by atoms with Gasteiger partial charge in [0.25, 0.3) is 0 Å². The smallest absolute Gasteiger partial charge is 0.455 e. The molecule has 2 amide bonds. The molecule has 4 saturated heterocycles. The summed E-state index contributed by atoms with van der Waals surface area (Å²) in [5.74, 6) is -1.94. The van der Waals surface area contributed by atoms with Gasteiger partial charge in [0.2, 0.25) is 5.91 Å². The number of likely N-dealkylation sites (tertiary alicyclic amines) is 1. The fourth-order valence-corrected chi connectivity index (χ4v) is 10.4. The van der Waals surface area contributed by atoms with Crippen molar-refractivity contribution in [3.05, 3.63) is 101 Å². The predicted molar refractivity (Wildman–Crippen MR) is 259 cm³/mol. The lowest BCUT2D eigenvalue weighted by Gasteiger charge is -2.34. The monoisotopic (exact) mass is 1120 g/mol. The van der Waals surface area contributed by atoms with E-state index in [0.29, 0.717) is 42.5 Å². The highest BCUT2D eigenvalue weighted by molar-refractivity contribution is 7.47. The zero-order valence-electron chi connectivity index (χ0n) is 40.5. The van der Waals surface area contributed by atoms with E-state index in [9.17, 15) is 52.5 Å². The van der Waals surface area contributed by atoms with Crippen molar-refractivity contribution in [2.75, 3.05) is 43.1 Å². The lowest BCUT2D eigenvalue weighted by molar-refractivity contribution is -0.181. The van der Waals surface area contributed by atoms with Crippen molar-refractivity contribution in [3.8, 4) is 0 Å². The number of anilines is 3. The summed E-state index contributed by atoms with van der Waals surface area (Å²) in [6.07, 6.45) is -9.42. The summed E-state index contributed by atoms with van der Waals surface area (Å²) in [6, 6.07) is 12.0. The van der Waals surface area contributed by atoms with Gasteiger partial charge in [0.05, 0.1) is 26.0 Å². The number of nitrogens with one attached hydrogen (secondary N) is 1. The number of halogens is 1. The van der Waals surface area contributed by atoms with Gasteiger partial charge >= 0.3 is 33.4 Å². The number of piperidine rings is 1. The normalized spacial score (nSPS) is 26.4. The van der Waals surface area contributed by atoms with Crippen LogP contribution in [0.2, 0.25) is 0 Å². The van der Waals surface area contributed by atoms with E-state index < -0.39 is 114 Å². The fraction of sp³-hybridized carbons (Fsp3) is 0.467. The third kappa shape index (κ3) is 13.5. The minimum Gasteiger partial charge on any atom is -0.455 e. The average molecular weight is 1120 g/mol. The molecule has 4 aliphatic heterocycles. The van der Waals surface area contributed by atoms with Gasteiger partial charge in [-0.3, -0.25) is 32.4 Å². The summed E-state index contributed by atoms with van der Waals surface area (Å²) in [5.41, 5.74) is 12.6. The highest BCUT2D eigenvalue weighted by atomic mass is 31.2. The van der Waals surface area contributed by atoms with Crippen LogP contribution in [0.15, 0.2) is 78.2 Å². The first-order valence-electron chi connectivity index (χ1n) is 24.0. The van der Waals surface area contributed by atoms with Crippen LogP contribution in [0.4, 0.5) is 26.5 Å². The second-order valence-electron chi connectivity index (χ2n) is 18.1. The molecular weight excluding hydrogens is 1070 g/mol. The average Bonchev–Trinajstić information content (AvgIpc) is 4.23. The number of esters is 1. The van der Waals surface area contributed by atoms with Gasteiger partial charge in [-0.25, -0.2) is 42.9 Å². The van der Waals surface area contributed by atoms with Crippen LogP contribution in [0.3, 0.4) is 0 Å². The Balaban J connectivity index is 0.904. The molecule has 0 spiro atoms. The number of aromatic nitrogens is 6. The van der Waals surface area contributed by atoms with Crippen molar-refractivity contribution in [2.24, 2.45) is 0 Å². The van der Waals surface area contributed by atoms with Gasteiger partial charge in [-0.15, -0.1) is 0 Å². The number of phosphoric acid groups is 2. The molecule has 0 aliphatic carbocycles. The lowest BCUT2D eigenvalue weighted by atomic mass is 10.0. The predicted octanol–water partition coefficient (Wildman–Crippen LogP) is 1.96. The maximum absolute atomic E-state index is 14.3. The Bertz CT molecular complexity index is 3080. The van der Waals surface area contributed by atoms with Crippen LogP contribution in [-0.2, 0) is 73.7 Å². The Morgan fingerprint density at radius 3 is 2.30 bits per heavy atom. The molecule has 3 aromatic heterocycles.